The summed E-state index contributed by atoms with van der Waals surface area (Å²) < 4.78 is 44.2. The van der Waals surface area contributed by atoms with Crippen molar-refractivity contribution in [2.75, 3.05) is 0 Å². The van der Waals surface area contributed by atoms with E-state index in [1.807, 2.05) is 26.8 Å². The van der Waals surface area contributed by atoms with E-state index in [2.05, 4.69) is 32.5 Å². The van der Waals surface area contributed by atoms with Gasteiger partial charge in [-0.25, -0.2) is 8.78 Å². The van der Waals surface area contributed by atoms with Crippen LogP contribution in [-0.4, -0.2) is 21.4 Å². The van der Waals surface area contributed by atoms with E-state index in [0.717, 1.165) is 35.9 Å². The van der Waals surface area contributed by atoms with Crippen LogP contribution in [0.4, 0.5) is 8.78 Å². The Hall–Kier alpha value is -0.460. The molecule has 0 heterocycles. The van der Waals surface area contributed by atoms with Gasteiger partial charge in [-0.05, 0) is 88.0 Å². The molecule has 0 saturated heterocycles. The van der Waals surface area contributed by atoms with Gasteiger partial charge in [0.05, 0.1) is 5.71 Å². The molecule has 2 aliphatic carbocycles. The Morgan fingerprint density at radius 1 is 1.19 bits per heavy atom. The number of hydrogen-bond donors (Lipinski definition) is 0. The molecule has 0 N–H and O–H groups in total. The highest BCUT2D eigenvalue weighted by Gasteiger charge is 2.41. The Bertz CT molecular complexity index is 709. The summed E-state index contributed by atoms with van der Waals surface area (Å²) in [7, 11) is 0. The average Bonchev–Trinajstić information content (AvgIpc) is 2.70. The molecule has 1 aromatic carbocycles. The fourth-order valence-corrected chi connectivity index (χ4v) is 5.34. The summed E-state index contributed by atoms with van der Waals surface area (Å²) in [5.41, 5.74) is 3.41. The quantitative estimate of drug-likeness (QED) is 0.479. The second-order valence-electron chi connectivity index (χ2n) is 9.13. The Labute approximate surface area is 172 Å². The Balaban J connectivity index is 1.93. The highest BCUT2D eigenvalue weighted by Crippen LogP contribution is 2.48. The molecule has 0 amide bonds. The maximum atomic E-state index is 13.2. The number of fused-ring (bicyclic) bond motifs is 1. The van der Waals surface area contributed by atoms with Gasteiger partial charge >= 0.3 is 0 Å². The summed E-state index contributed by atoms with van der Waals surface area (Å²) in [5.74, 6) is -0.479. The van der Waals surface area contributed by atoms with Gasteiger partial charge in [-0.1, -0.05) is 26.4 Å². The molecule has 0 bridgehead atoms. The minimum Gasteiger partial charge on any atom is -0.591 e. The third-order valence-corrected chi connectivity index (χ3v) is 7.86. The van der Waals surface area contributed by atoms with E-state index >= 15 is 0 Å². The van der Waals surface area contributed by atoms with Crippen LogP contribution in [0, 0.1) is 11.3 Å². The van der Waals surface area contributed by atoms with Crippen LogP contribution < -0.4 is 0 Å². The summed E-state index contributed by atoms with van der Waals surface area (Å²) in [5, 5.41) is 0. The normalized spacial score (nSPS) is 29.0. The number of alkyl halides is 2. The molecule has 1 fully saturated rings. The van der Waals surface area contributed by atoms with Crippen LogP contribution in [0.1, 0.15) is 64.0 Å². The van der Waals surface area contributed by atoms with Gasteiger partial charge in [-0.3, -0.25) is 0 Å². The molecule has 3 rings (SSSR count). The Morgan fingerprint density at radius 3 is 2.44 bits per heavy atom. The summed E-state index contributed by atoms with van der Waals surface area (Å²) in [6, 6.07) is 6.31. The fraction of sp³-hybridized carbons (Fsp3) is 0.667. The molecule has 1 atom stereocenters. The number of benzene rings is 1. The second-order valence-corrected chi connectivity index (χ2v) is 12.0. The zero-order chi connectivity index (χ0) is 19.8. The van der Waals surface area contributed by atoms with Crippen molar-refractivity contribution in [3.8, 4) is 0 Å². The van der Waals surface area contributed by atoms with Crippen molar-refractivity contribution in [3.63, 3.8) is 0 Å². The van der Waals surface area contributed by atoms with Crippen molar-refractivity contribution in [2.45, 2.75) is 76.9 Å². The van der Waals surface area contributed by atoms with E-state index in [-0.39, 0.29) is 5.41 Å². The highest BCUT2D eigenvalue weighted by atomic mass is 79.9. The lowest BCUT2D eigenvalue weighted by atomic mass is 9.66. The molecule has 0 aromatic heterocycles. The van der Waals surface area contributed by atoms with Crippen molar-refractivity contribution in [2.24, 2.45) is 15.7 Å². The smallest absolute Gasteiger partial charge is 0.241 e. The summed E-state index contributed by atoms with van der Waals surface area (Å²) in [6.45, 7) is 5.79. The topological polar surface area (TPSA) is 35.4 Å². The van der Waals surface area contributed by atoms with Crippen molar-refractivity contribution in [1.82, 2.24) is 0 Å². The van der Waals surface area contributed by atoms with Gasteiger partial charge < -0.3 is 4.55 Å². The molecule has 0 aliphatic heterocycles. The molecule has 27 heavy (non-hydrogen) atoms. The van der Waals surface area contributed by atoms with E-state index in [4.69, 9.17) is 0 Å². The Kier molecular flexibility index (Phi) is 6.39. The fourth-order valence-electron chi connectivity index (χ4n) is 4.29. The monoisotopic (exact) mass is 459 g/mol. The first-order valence-electron chi connectivity index (χ1n) is 9.62. The number of hydrogen-bond acceptors (Lipinski definition) is 2. The molecular weight excluding hydrogens is 432 g/mol. The lowest BCUT2D eigenvalue weighted by molar-refractivity contribution is 0.0259. The van der Waals surface area contributed by atoms with E-state index < -0.39 is 28.5 Å². The van der Waals surface area contributed by atoms with Crippen LogP contribution in [0.3, 0.4) is 0 Å². The summed E-state index contributed by atoms with van der Waals surface area (Å²) in [4.78, 5) is 0. The lowest BCUT2D eigenvalue weighted by Crippen LogP contribution is -2.34. The van der Waals surface area contributed by atoms with Crippen LogP contribution in [-0.2, 0) is 24.2 Å². The van der Waals surface area contributed by atoms with Gasteiger partial charge in [0.2, 0.25) is 6.43 Å². The van der Waals surface area contributed by atoms with E-state index in [0.29, 0.717) is 19.3 Å². The molecule has 1 aromatic rings. The first-order chi connectivity index (χ1) is 12.6. The zero-order valence-electron chi connectivity index (χ0n) is 16.2. The molecule has 1 unspecified atom stereocenters. The van der Waals surface area contributed by atoms with Crippen LogP contribution in [0.25, 0.3) is 0 Å². The van der Waals surface area contributed by atoms with Gasteiger partial charge in [0.1, 0.15) is 16.1 Å². The first-order valence-corrected chi connectivity index (χ1v) is 11.5. The molecule has 2 aliphatic rings. The van der Waals surface area contributed by atoms with Gasteiger partial charge in [0.25, 0.3) is 0 Å². The van der Waals surface area contributed by atoms with Crippen molar-refractivity contribution in [3.05, 3.63) is 33.8 Å². The predicted octanol–water partition coefficient (Wildman–Crippen LogP) is 6.28. The standard InChI is InChI=1S/C21H28BrF2NOS/c1-20(2,3)27(26)25-18-11-16-10-17(22)5-4-15(16)12-21(13-18)8-6-14(7-9-21)19(23)24/h4-5,10,14,19H,6-9,11-13H2,1-3H3/b25-18+. The predicted molar refractivity (Wildman–Crippen MR) is 112 cm³/mol. The second kappa shape index (κ2) is 8.11. The molecule has 1 saturated carbocycles. The minimum absolute atomic E-state index is 0.0363. The third-order valence-electron chi connectivity index (χ3n) is 5.89. The maximum Gasteiger partial charge on any atom is 0.241 e. The van der Waals surface area contributed by atoms with Gasteiger partial charge in [-0.15, -0.1) is 0 Å². The van der Waals surface area contributed by atoms with Gasteiger partial charge in [-0.2, -0.15) is 0 Å². The number of halogens is 3. The summed E-state index contributed by atoms with van der Waals surface area (Å²) >= 11 is 2.24. The highest BCUT2D eigenvalue weighted by molar-refractivity contribution is 9.10. The molecule has 2 nitrogen and oxygen atoms in total. The van der Waals surface area contributed by atoms with Crippen LogP contribution in [0.15, 0.2) is 27.1 Å². The van der Waals surface area contributed by atoms with Crippen molar-refractivity contribution < 1.29 is 13.3 Å². The number of nitrogens with zero attached hydrogens (tertiary/aromatic N) is 1. The lowest BCUT2D eigenvalue weighted by Gasteiger charge is -2.39. The first kappa shape index (κ1) is 21.3. The molecular formula is C21H28BrF2NOS. The zero-order valence-corrected chi connectivity index (χ0v) is 18.6. The molecule has 150 valence electrons. The average molecular weight is 460 g/mol. The van der Waals surface area contributed by atoms with E-state index in [1.54, 1.807) is 0 Å². The summed E-state index contributed by atoms with van der Waals surface area (Å²) in [6.07, 6.45) is 2.84. The molecule has 6 heteroatoms. The van der Waals surface area contributed by atoms with Crippen molar-refractivity contribution >= 4 is 33.0 Å². The van der Waals surface area contributed by atoms with Gasteiger partial charge in [0.15, 0.2) is 0 Å². The van der Waals surface area contributed by atoms with Crippen molar-refractivity contribution in [1.29, 1.82) is 0 Å². The third kappa shape index (κ3) is 5.13. The van der Waals surface area contributed by atoms with Crippen LogP contribution in [0.2, 0.25) is 0 Å². The van der Waals surface area contributed by atoms with Gasteiger partial charge in [0, 0.05) is 16.8 Å². The Morgan fingerprint density at radius 2 is 1.85 bits per heavy atom. The van der Waals surface area contributed by atoms with E-state index in [9.17, 15) is 13.3 Å². The SMILES string of the molecule is CC(C)(C)[S+]([O-])/N=C1\Cc2cc(Br)ccc2CC2(CCC(C(F)F)CC2)C1. The van der Waals surface area contributed by atoms with Crippen LogP contribution in [0.5, 0.6) is 0 Å². The molecule has 1 spiro atoms. The molecule has 0 radical (unpaired) electrons. The largest absolute Gasteiger partial charge is 0.591 e. The maximum absolute atomic E-state index is 13.2. The van der Waals surface area contributed by atoms with E-state index in [1.165, 1.54) is 11.1 Å². The van der Waals surface area contributed by atoms with Crippen LogP contribution >= 0.6 is 15.9 Å². The number of rotatable bonds is 2. The minimum atomic E-state index is -2.22.